The number of anilines is 1. The van der Waals surface area contributed by atoms with Gasteiger partial charge in [-0.15, -0.1) is 0 Å². The largest absolute Gasteiger partial charge is 0.353 e. The minimum atomic E-state index is 0.00721. The quantitative estimate of drug-likeness (QED) is 0.416. The molecule has 0 N–H and O–H groups in total. The molecule has 3 aromatic heterocycles. The van der Waals surface area contributed by atoms with Gasteiger partial charge in [-0.1, -0.05) is 41.4 Å². The lowest BCUT2D eigenvalue weighted by Crippen LogP contribution is -2.49. The Balaban J connectivity index is 1.47. The molecule has 1 saturated heterocycles. The lowest BCUT2D eigenvalue weighted by atomic mass is 10.0. The van der Waals surface area contributed by atoms with Crippen molar-refractivity contribution in [3.8, 4) is 11.3 Å². The van der Waals surface area contributed by atoms with Crippen LogP contribution in [0.25, 0.3) is 22.3 Å². The summed E-state index contributed by atoms with van der Waals surface area (Å²) in [5.41, 5.74) is 4.33. The van der Waals surface area contributed by atoms with Crippen molar-refractivity contribution in [1.29, 1.82) is 0 Å². The summed E-state index contributed by atoms with van der Waals surface area (Å²) in [6.07, 6.45) is 3.42. The molecular formula is C26H27ClN6O. The summed E-state index contributed by atoms with van der Waals surface area (Å²) < 4.78 is 1.88. The highest BCUT2D eigenvalue weighted by atomic mass is 35.5. The summed E-state index contributed by atoms with van der Waals surface area (Å²) >= 11 is 5.97. The van der Waals surface area contributed by atoms with E-state index in [-0.39, 0.29) is 11.9 Å². The Morgan fingerprint density at radius 1 is 1.00 bits per heavy atom. The van der Waals surface area contributed by atoms with Crippen LogP contribution in [0.15, 0.2) is 54.9 Å². The molecule has 0 atom stereocenters. The molecule has 1 aliphatic heterocycles. The van der Waals surface area contributed by atoms with Crippen LogP contribution < -0.4 is 4.90 Å². The maximum absolute atomic E-state index is 13.7. The van der Waals surface area contributed by atoms with Gasteiger partial charge in [0.1, 0.15) is 5.82 Å². The van der Waals surface area contributed by atoms with Gasteiger partial charge in [-0.25, -0.2) is 14.6 Å². The fourth-order valence-electron chi connectivity index (χ4n) is 4.31. The molecule has 1 fully saturated rings. The Bertz CT molecular complexity index is 1320. The van der Waals surface area contributed by atoms with Crippen LogP contribution in [0.4, 0.5) is 5.82 Å². The van der Waals surface area contributed by atoms with Crippen molar-refractivity contribution >= 4 is 34.4 Å². The number of fused-ring (bicyclic) bond motifs is 1. The second kappa shape index (κ2) is 9.06. The molecule has 0 unspecified atom stereocenters. The maximum atomic E-state index is 13.7. The maximum Gasteiger partial charge on any atom is 0.254 e. The molecule has 34 heavy (non-hydrogen) atoms. The number of piperazine rings is 1. The van der Waals surface area contributed by atoms with Crippen molar-refractivity contribution in [2.24, 2.45) is 0 Å². The first-order valence-corrected chi connectivity index (χ1v) is 11.9. The third kappa shape index (κ3) is 4.23. The number of aromatic nitrogens is 4. The predicted octanol–water partition coefficient (Wildman–Crippen LogP) is 5.00. The SMILES string of the molecule is Cc1ccc(-c2cc(C(=O)N3CCN(c4ccc(Cl)cn4)CC3)c3cnn(C(C)C)c3n2)cc1. The number of rotatable bonds is 4. The van der Waals surface area contributed by atoms with Gasteiger partial charge >= 0.3 is 0 Å². The van der Waals surface area contributed by atoms with E-state index in [1.165, 1.54) is 5.56 Å². The number of halogens is 1. The van der Waals surface area contributed by atoms with Gasteiger partial charge in [-0.05, 0) is 39.0 Å². The van der Waals surface area contributed by atoms with Gasteiger partial charge in [0, 0.05) is 44.0 Å². The lowest BCUT2D eigenvalue weighted by molar-refractivity contribution is 0.0748. The number of hydrogen-bond donors (Lipinski definition) is 0. The van der Waals surface area contributed by atoms with Gasteiger partial charge in [0.05, 0.1) is 27.9 Å². The molecule has 0 spiro atoms. The summed E-state index contributed by atoms with van der Waals surface area (Å²) in [6.45, 7) is 8.85. The first kappa shape index (κ1) is 22.3. The number of amides is 1. The highest BCUT2D eigenvalue weighted by molar-refractivity contribution is 6.30. The Hall–Kier alpha value is -3.45. The zero-order valence-corrected chi connectivity index (χ0v) is 20.3. The Kier molecular flexibility index (Phi) is 5.96. The van der Waals surface area contributed by atoms with E-state index < -0.39 is 0 Å². The number of aryl methyl sites for hydroxylation is 1. The summed E-state index contributed by atoms with van der Waals surface area (Å²) in [5, 5.41) is 5.95. The molecule has 5 rings (SSSR count). The molecular weight excluding hydrogens is 448 g/mol. The van der Waals surface area contributed by atoms with E-state index in [0.29, 0.717) is 36.8 Å². The molecule has 8 heteroatoms. The zero-order chi connectivity index (χ0) is 23.8. The molecule has 174 valence electrons. The molecule has 0 bridgehead atoms. The van der Waals surface area contributed by atoms with Gasteiger partial charge in [-0.3, -0.25) is 4.79 Å². The topological polar surface area (TPSA) is 67.2 Å². The average molecular weight is 475 g/mol. The van der Waals surface area contributed by atoms with Crippen molar-refractivity contribution < 1.29 is 4.79 Å². The van der Waals surface area contributed by atoms with Crippen molar-refractivity contribution in [2.75, 3.05) is 31.1 Å². The molecule has 1 aliphatic rings. The second-order valence-corrected chi connectivity index (χ2v) is 9.39. The average Bonchev–Trinajstić information content (AvgIpc) is 3.28. The van der Waals surface area contributed by atoms with Gasteiger partial charge in [0.2, 0.25) is 0 Å². The normalized spacial score (nSPS) is 14.3. The van der Waals surface area contributed by atoms with Crippen LogP contribution in [0.3, 0.4) is 0 Å². The van der Waals surface area contributed by atoms with E-state index in [9.17, 15) is 4.79 Å². The number of nitrogens with zero attached hydrogens (tertiary/aromatic N) is 6. The van der Waals surface area contributed by atoms with Crippen LogP contribution in [-0.2, 0) is 0 Å². The van der Waals surface area contributed by atoms with Gasteiger partial charge in [-0.2, -0.15) is 5.10 Å². The molecule has 4 heterocycles. The third-order valence-corrected chi connectivity index (χ3v) is 6.46. The summed E-state index contributed by atoms with van der Waals surface area (Å²) in [7, 11) is 0. The van der Waals surface area contributed by atoms with Crippen LogP contribution in [0.5, 0.6) is 0 Å². The smallest absolute Gasteiger partial charge is 0.254 e. The molecule has 0 aliphatic carbocycles. The Morgan fingerprint density at radius 3 is 2.38 bits per heavy atom. The predicted molar refractivity (Wildman–Crippen MR) is 135 cm³/mol. The fraction of sp³-hybridized carbons (Fsp3) is 0.308. The lowest BCUT2D eigenvalue weighted by Gasteiger charge is -2.35. The monoisotopic (exact) mass is 474 g/mol. The summed E-state index contributed by atoms with van der Waals surface area (Å²) in [4.78, 5) is 27.1. The number of pyridine rings is 2. The van der Waals surface area contributed by atoms with Crippen LogP contribution in [0, 0.1) is 6.92 Å². The number of benzene rings is 1. The first-order chi connectivity index (χ1) is 16.4. The second-order valence-electron chi connectivity index (χ2n) is 8.96. The Labute approximate surface area is 204 Å². The summed E-state index contributed by atoms with van der Waals surface area (Å²) in [6, 6.07) is 14.0. The molecule has 1 amide bonds. The van der Waals surface area contributed by atoms with E-state index in [2.05, 4.69) is 47.9 Å². The van der Waals surface area contributed by atoms with E-state index in [0.717, 1.165) is 28.1 Å². The molecule has 1 aromatic carbocycles. The standard InChI is InChI=1S/C26H27ClN6O/c1-17(2)33-25-22(16-29-33)21(14-23(30-25)19-6-4-18(3)5-7-19)26(34)32-12-10-31(11-13-32)24-9-8-20(27)15-28-24/h4-9,14-17H,10-13H2,1-3H3. The van der Waals surface area contributed by atoms with Crippen molar-refractivity contribution in [3.05, 3.63) is 71.0 Å². The van der Waals surface area contributed by atoms with Crippen molar-refractivity contribution in [3.63, 3.8) is 0 Å². The Morgan fingerprint density at radius 2 is 1.74 bits per heavy atom. The molecule has 0 radical (unpaired) electrons. The van der Waals surface area contributed by atoms with Crippen LogP contribution in [0.2, 0.25) is 5.02 Å². The molecule has 0 saturated carbocycles. The fourth-order valence-corrected chi connectivity index (χ4v) is 4.42. The third-order valence-electron chi connectivity index (χ3n) is 6.24. The molecule has 4 aromatic rings. The van der Waals surface area contributed by atoms with Crippen molar-refractivity contribution in [1.82, 2.24) is 24.6 Å². The highest BCUT2D eigenvalue weighted by Crippen LogP contribution is 2.28. The minimum absolute atomic E-state index is 0.00721. The van der Waals surface area contributed by atoms with Gasteiger partial charge in [0.15, 0.2) is 5.65 Å². The minimum Gasteiger partial charge on any atom is -0.353 e. The van der Waals surface area contributed by atoms with E-state index in [1.807, 2.05) is 39.9 Å². The number of carbonyl (C=O) groups is 1. The highest BCUT2D eigenvalue weighted by Gasteiger charge is 2.26. The molecule has 7 nitrogen and oxygen atoms in total. The van der Waals surface area contributed by atoms with Gasteiger partial charge < -0.3 is 9.80 Å². The van der Waals surface area contributed by atoms with Crippen molar-refractivity contribution in [2.45, 2.75) is 26.8 Å². The zero-order valence-electron chi connectivity index (χ0n) is 19.6. The first-order valence-electron chi connectivity index (χ1n) is 11.5. The van der Waals surface area contributed by atoms with E-state index in [1.54, 1.807) is 12.4 Å². The van der Waals surface area contributed by atoms with E-state index in [4.69, 9.17) is 16.6 Å². The van der Waals surface area contributed by atoms with Crippen LogP contribution in [-0.4, -0.2) is 56.7 Å². The van der Waals surface area contributed by atoms with Gasteiger partial charge in [0.25, 0.3) is 5.91 Å². The summed E-state index contributed by atoms with van der Waals surface area (Å²) in [5.74, 6) is 0.885. The van der Waals surface area contributed by atoms with E-state index >= 15 is 0 Å². The van der Waals surface area contributed by atoms with Crippen LogP contribution >= 0.6 is 11.6 Å². The van der Waals surface area contributed by atoms with Crippen LogP contribution in [0.1, 0.15) is 35.8 Å². The number of hydrogen-bond acceptors (Lipinski definition) is 5. The number of carbonyl (C=O) groups excluding carboxylic acids is 1.